The normalized spacial score (nSPS) is 18.3. The molecule has 10 heteroatoms. The molecule has 0 radical (unpaired) electrons. The largest absolute Gasteiger partial charge is 0.368 e. The van der Waals surface area contributed by atoms with E-state index in [1.165, 1.54) is 9.80 Å². The molecule has 0 saturated carbocycles. The monoisotopic (exact) mass is 563 g/mol. The number of benzene rings is 3. The SMILES string of the molecule is C[C@@H]1CCN([C@H](Cc2cccc3ccccc23)C(N)=O)C(=O)[C@@H](c2cccc(Cl)c2)N1C(=O)CNC(=O)CCN. The number of primary amides is 1. The summed E-state index contributed by atoms with van der Waals surface area (Å²) in [5.74, 6) is -1.85. The molecule has 3 aromatic carbocycles. The molecule has 0 aromatic heterocycles. The van der Waals surface area contributed by atoms with Crippen molar-refractivity contribution in [2.75, 3.05) is 19.6 Å². The molecule has 3 aromatic rings. The molecular formula is C30H34ClN5O4. The van der Waals surface area contributed by atoms with E-state index in [0.717, 1.165) is 16.3 Å². The van der Waals surface area contributed by atoms with Gasteiger partial charge >= 0.3 is 0 Å². The number of hydrogen-bond donors (Lipinski definition) is 3. The maximum absolute atomic E-state index is 14.3. The predicted octanol–water partition coefficient (Wildman–Crippen LogP) is 2.55. The number of nitrogens with two attached hydrogens (primary N) is 2. The van der Waals surface area contributed by atoms with Crippen LogP contribution in [0.2, 0.25) is 5.02 Å². The van der Waals surface area contributed by atoms with Crippen molar-refractivity contribution in [2.24, 2.45) is 11.5 Å². The highest BCUT2D eigenvalue weighted by atomic mass is 35.5. The van der Waals surface area contributed by atoms with E-state index in [-0.39, 0.29) is 44.4 Å². The van der Waals surface area contributed by atoms with Gasteiger partial charge in [0, 0.05) is 37.0 Å². The molecule has 9 nitrogen and oxygen atoms in total. The van der Waals surface area contributed by atoms with Crippen molar-refractivity contribution in [3.05, 3.63) is 82.9 Å². The Balaban J connectivity index is 1.72. The fourth-order valence-corrected chi connectivity index (χ4v) is 5.51. The summed E-state index contributed by atoms with van der Waals surface area (Å²) in [5, 5.41) is 4.98. The van der Waals surface area contributed by atoms with Gasteiger partial charge < -0.3 is 26.6 Å². The van der Waals surface area contributed by atoms with Crippen molar-refractivity contribution in [3.8, 4) is 0 Å². The predicted molar refractivity (Wildman–Crippen MR) is 154 cm³/mol. The summed E-state index contributed by atoms with van der Waals surface area (Å²) in [4.78, 5) is 55.7. The Morgan fingerprint density at radius 1 is 1.07 bits per heavy atom. The number of amides is 4. The van der Waals surface area contributed by atoms with Crippen LogP contribution in [0.5, 0.6) is 0 Å². The van der Waals surface area contributed by atoms with Crippen LogP contribution in [0.4, 0.5) is 0 Å². The highest BCUT2D eigenvalue weighted by Gasteiger charge is 2.43. The molecule has 40 heavy (non-hydrogen) atoms. The Kier molecular flexibility index (Phi) is 9.39. The highest BCUT2D eigenvalue weighted by Crippen LogP contribution is 2.33. The van der Waals surface area contributed by atoms with Gasteiger partial charge in [-0.25, -0.2) is 0 Å². The Bertz CT molecular complexity index is 1410. The van der Waals surface area contributed by atoms with Gasteiger partial charge in [0.1, 0.15) is 12.1 Å². The Morgan fingerprint density at radius 2 is 1.80 bits per heavy atom. The van der Waals surface area contributed by atoms with Crippen molar-refractivity contribution in [2.45, 2.75) is 44.3 Å². The molecule has 0 bridgehead atoms. The van der Waals surface area contributed by atoms with Gasteiger partial charge in [0.2, 0.25) is 17.7 Å². The van der Waals surface area contributed by atoms with Gasteiger partial charge in [-0.05, 0) is 47.4 Å². The number of rotatable bonds is 9. The molecule has 5 N–H and O–H groups in total. The van der Waals surface area contributed by atoms with Crippen LogP contribution in [0.1, 0.15) is 36.9 Å². The zero-order chi connectivity index (χ0) is 28.8. The van der Waals surface area contributed by atoms with Crippen LogP contribution < -0.4 is 16.8 Å². The standard InChI is InChI=1S/C30H34ClN5O4/c1-19-13-15-35(25(29(33)39)17-21-8-4-7-20-6-2-3-11-24(20)21)30(40)28(22-9-5-10-23(31)16-22)36(19)27(38)18-34-26(37)12-14-32/h2-11,16,19,25,28H,12-15,17-18,32H2,1H3,(H2,33,39)(H,34,37)/t19-,25-,28-/m1/s1. The average Bonchev–Trinajstić information content (AvgIpc) is 3.06. The van der Waals surface area contributed by atoms with Crippen LogP contribution in [0, 0.1) is 0 Å². The van der Waals surface area contributed by atoms with E-state index in [9.17, 15) is 19.2 Å². The number of carbonyl (C=O) groups excluding carboxylic acids is 4. The number of carbonyl (C=O) groups is 4. The van der Waals surface area contributed by atoms with Crippen LogP contribution in [-0.2, 0) is 25.6 Å². The molecule has 0 spiro atoms. The van der Waals surface area contributed by atoms with Gasteiger partial charge in [-0.15, -0.1) is 0 Å². The minimum absolute atomic E-state index is 0.0850. The third kappa shape index (κ3) is 6.43. The Hall–Kier alpha value is -3.95. The zero-order valence-corrected chi connectivity index (χ0v) is 23.1. The van der Waals surface area contributed by atoms with E-state index in [0.29, 0.717) is 17.0 Å². The summed E-state index contributed by atoms with van der Waals surface area (Å²) < 4.78 is 0. The zero-order valence-electron chi connectivity index (χ0n) is 22.4. The van der Waals surface area contributed by atoms with E-state index in [2.05, 4.69) is 5.32 Å². The fraction of sp³-hybridized carbons (Fsp3) is 0.333. The van der Waals surface area contributed by atoms with Crippen molar-refractivity contribution in [3.63, 3.8) is 0 Å². The molecule has 1 saturated heterocycles. The lowest BCUT2D eigenvalue weighted by Crippen LogP contribution is -2.53. The third-order valence-corrected chi connectivity index (χ3v) is 7.55. The van der Waals surface area contributed by atoms with Crippen molar-refractivity contribution in [1.29, 1.82) is 0 Å². The summed E-state index contributed by atoms with van der Waals surface area (Å²) in [6.45, 7) is 1.93. The average molecular weight is 564 g/mol. The van der Waals surface area contributed by atoms with E-state index in [1.807, 2.05) is 49.4 Å². The molecule has 1 aliphatic heterocycles. The van der Waals surface area contributed by atoms with Crippen LogP contribution >= 0.6 is 11.6 Å². The van der Waals surface area contributed by atoms with Gasteiger partial charge in [-0.1, -0.05) is 66.2 Å². The van der Waals surface area contributed by atoms with E-state index >= 15 is 0 Å². The first kappa shape index (κ1) is 29.0. The lowest BCUT2D eigenvalue weighted by molar-refractivity contribution is -0.148. The second kappa shape index (κ2) is 12.9. The maximum atomic E-state index is 14.3. The smallest absolute Gasteiger partial charge is 0.250 e. The summed E-state index contributed by atoms with van der Waals surface area (Å²) in [6.07, 6.45) is 0.717. The summed E-state index contributed by atoms with van der Waals surface area (Å²) in [5.41, 5.74) is 12.8. The quantitative estimate of drug-likeness (QED) is 0.367. The van der Waals surface area contributed by atoms with Crippen LogP contribution in [0.15, 0.2) is 66.7 Å². The summed E-state index contributed by atoms with van der Waals surface area (Å²) >= 11 is 6.29. The first-order chi connectivity index (χ1) is 19.2. The highest BCUT2D eigenvalue weighted by molar-refractivity contribution is 6.30. The maximum Gasteiger partial charge on any atom is 0.250 e. The molecule has 0 unspecified atom stereocenters. The van der Waals surface area contributed by atoms with Gasteiger partial charge in [0.15, 0.2) is 0 Å². The fourth-order valence-electron chi connectivity index (χ4n) is 5.31. The van der Waals surface area contributed by atoms with Crippen LogP contribution in [0.25, 0.3) is 10.8 Å². The number of fused-ring (bicyclic) bond motifs is 1. The Morgan fingerprint density at radius 3 is 2.52 bits per heavy atom. The molecular weight excluding hydrogens is 530 g/mol. The lowest BCUT2D eigenvalue weighted by Gasteiger charge is -2.36. The van der Waals surface area contributed by atoms with Crippen molar-refractivity contribution < 1.29 is 19.2 Å². The van der Waals surface area contributed by atoms with Gasteiger partial charge in [-0.2, -0.15) is 0 Å². The Labute approximate surface area is 238 Å². The molecule has 4 amide bonds. The van der Waals surface area contributed by atoms with E-state index < -0.39 is 29.8 Å². The molecule has 1 heterocycles. The second-order valence-corrected chi connectivity index (χ2v) is 10.4. The van der Waals surface area contributed by atoms with Gasteiger partial charge in [0.05, 0.1) is 6.54 Å². The minimum Gasteiger partial charge on any atom is -0.368 e. The molecule has 3 atom stereocenters. The molecule has 210 valence electrons. The van der Waals surface area contributed by atoms with Gasteiger partial charge in [0.25, 0.3) is 5.91 Å². The number of nitrogens with zero attached hydrogens (tertiary/aromatic N) is 2. The number of hydrogen-bond acceptors (Lipinski definition) is 5. The molecule has 0 aliphatic carbocycles. The first-order valence-electron chi connectivity index (χ1n) is 13.3. The van der Waals surface area contributed by atoms with E-state index in [4.69, 9.17) is 23.1 Å². The van der Waals surface area contributed by atoms with Crippen LogP contribution in [-0.4, -0.2) is 65.1 Å². The molecule has 1 fully saturated rings. The second-order valence-electron chi connectivity index (χ2n) is 10.0. The van der Waals surface area contributed by atoms with Crippen molar-refractivity contribution in [1.82, 2.24) is 15.1 Å². The van der Waals surface area contributed by atoms with Crippen molar-refractivity contribution >= 4 is 46.0 Å². The van der Waals surface area contributed by atoms with Crippen LogP contribution in [0.3, 0.4) is 0 Å². The molecule has 1 aliphatic rings. The molecule has 4 rings (SSSR count). The van der Waals surface area contributed by atoms with Gasteiger partial charge in [-0.3, -0.25) is 19.2 Å². The summed E-state index contributed by atoms with van der Waals surface area (Å²) in [7, 11) is 0. The minimum atomic E-state index is -1.07. The third-order valence-electron chi connectivity index (χ3n) is 7.32. The number of nitrogens with one attached hydrogen (secondary N) is 1. The topological polar surface area (TPSA) is 139 Å². The summed E-state index contributed by atoms with van der Waals surface area (Å²) in [6, 6.07) is 18.0. The lowest BCUT2D eigenvalue weighted by atomic mass is 9.96. The van der Waals surface area contributed by atoms with E-state index in [1.54, 1.807) is 24.3 Å². The first-order valence-corrected chi connectivity index (χ1v) is 13.7. The number of halogens is 1.